The Morgan fingerprint density at radius 1 is 1.14 bits per heavy atom. The first-order chi connectivity index (χ1) is 10.0. The number of halogens is 3. The molecule has 110 valence electrons. The summed E-state index contributed by atoms with van der Waals surface area (Å²) >= 11 is 6.50. The van der Waals surface area contributed by atoms with Crippen molar-refractivity contribution >= 4 is 43.5 Å². The lowest BCUT2D eigenvalue weighted by Gasteiger charge is -2.08. The maximum atomic E-state index is 13.6. The Hall–Kier alpha value is -1.40. The van der Waals surface area contributed by atoms with E-state index in [0.717, 1.165) is 4.47 Å². The summed E-state index contributed by atoms with van der Waals surface area (Å²) in [4.78, 5) is 11.7. The summed E-state index contributed by atoms with van der Waals surface area (Å²) < 4.78 is 20.5. The summed E-state index contributed by atoms with van der Waals surface area (Å²) in [7, 11) is 0. The molecule has 0 heterocycles. The van der Waals surface area contributed by atoms with E-state index >= 15 is 0 Å². The van der Waals surface area contributed by atoms with Gasteiger partial charge in [-0.1, -0.05) is 37.9 Å². The van der Waals surface area contributed by atoms with Gasteiger partial charge in [-0.2, -0.15) is 0 Å². The largest absolute Gasteiger partial charge is 0.493 e. The topological polar surface area (TPSA) is 38.3 Å². The number of amides is 1. The van der Waals surface area contributed by atoms with E-state index in [4.69, 9.17) is 4.74 Å². The van der Waals surface area contributed by atoms with E-state index in [1.165, 1.54) is 12.1 Å². The van der Waals surface area contributed by atoms with Crippen LogP contribution in [0.15, 0.2) is 51.4 Å². The number of nitrogens with one attached hydrogen (secondary N) is 1. The molecule has 2 rings (SSSR count). The first-order valence-corrected chi connectivity index (χ1v) is 7.76. The molecule has 0 bridgehead atoms. The van der Waals surface area contributed by atoms with E-state index in [1.54, 1.807) is 12.1 Å². The van der Waals surface area contributed by atoms with Crippen LogP contribution < -0.4 is 10.1 Å². The second kappa shape index (κ2) is 7.56. The van der Waals surface area contributed by atoms with Gasteiger partial charge in [-0.05, 0) is 36.4 Å². The minimum Gasteiger partial charge on any atom is -0.493 e. The summed E-state index contributed by atoms with van der Waals surface area (Å²) in [5.41, 5.74) is 0.158. The third-order valence-electron chi connectivity index (χ3n) is 2.60. The molecule has 0 saturated carbocycles. The SMILES string of the molecule is O=C(CCOc1cccc(Br)c1)Nc1ccc(Br)cc1F. The number of hydrogen-bond donors (Lipinski definition) is 1. The Labute approximate surface area is 138 Å². The fourth-order valence-electron chi connectivity index (χ4n) is 1.62. The van der Waals surface area contributed by atoms with Crippen molar-refractivity contribution in [2.45, 2.75) is 6.42 Å². The van der Waals surface area contributed by atoms with Crippen molar-refractivity contribution < 1.29 is 13.9 Å². The van der Waals surface area contributed by atoms with E-state index in [2.05, 4.69) is 37.2 Å². The molecule has 2 aromatic rings. The molecule has 0 radical (unpaired) electrons. The molecule has 0 fully saturated rings. The first-order valence-electron chi connectivity index (χ1n) is 6.18. The van der Waals surface area contributed by atoms with Crippen LogP contribution in [-0.4, -0.2) is 12.5 Å². The van der Waals surface area contributed by atoms with Crippen molar-refractivity contribution in [3.63, 3.8) is 0 Å². The van der Waals surface area contributed by atoms with Crippen molar-refractivity contribution in [1.29, 1.82) is 0 Å². The molecule has 1 amide bonds. The summed E-state index contributed by atoms with van der Waals surface area (Å²) in [5, 5.41) is 2.51. The van der Waals surface area contributed by atoms with Crippen molar-refractivity contribution in [2.75, 3.05) is 11.9 Å². The van der Waals surface area contributed by atoms with Crippen LogP contribution in [0, 0.1) is 5.82 Å². The number of carbonyl (C=O) groups is 1. The van der Waals surface area contributed by atoms with E-state index in [9.17, 15) is 9.18 Å². The second-order valence-electron chi connectivity index (χ2n) is 4.23. The Morgan fingerprint density at radius 3 is 2.62 bits per heavy atom. The van der Waals surface area contributed by atoms with Crippen LogP contribution in [0.5, 0.6) is 5.75 Å². The molecule has 0 aromatic heterocycles. The van der Waals surface area contributed by atoms with E-state index in [0.29, 0.717) is 10.2 Å². The number of carbonyl (C=O) groups excluding carboxylic acids is 1. The fourth-order valence-corrected chi connectivity index (χ4v) is 2.33. The maximum Gasteiger partial charge on any atom is 0.227 e. The highest BCUT2D eigenvalue weighted by Crippen LogP contribution is 2.20. The van der Waals surface area contributed by atoms with Crippen LogP contribution in [0.1, 0.15) is 6.42 Å². The van der Waals surface area contributed by atoms with Gasteiger partial charge in [-0.3, -0.25) is 4.79 Å². The molecular formula is C15H12Br2FNO2. The average molecular weight is 417 g/mol. The van der Waals surface area contributed by atoms with Crippen LogP contribution in [-0.2, 0) is 4.79 Å². The lowest BCUT2D eigenvalue weighted by Crippen LogP contribution is -2.16. The molecular weight excluding hydrogens is 405 g/mol. The number of rotatable bonds is 5. The van der Waals surface area contributed by atoms with Gasteiger partial charge in [0.2, 0.25) is 5.91 Å². The van der Waals surface area contributed by atoms with Crippen molar-refractivity contribution in [3.05, 3.63) is 57.2 Å². The maximum absolute atomic E-state index is 13.6. The number of ether oxygens (including phenoxy) is 1. The van der Waals surface area contributed by atoms with Gasteiger partial charge in [0, 0.05) is 8.95 Å². The van der Waals surface area contributed by atoms with E-state index < -0.39 is 5.82 Å². The van der Waals surface area contributed by atoms with Gasteiger partial charge in [-0.15, -0.1) is 0 Å². The zero-order valence-corrected chi connectivity index (χ0v) is 14.1. The predicted octanol–water partition coefficient (Wildman–Crippen LogP) is 4.76. The molecule has 21 heavy (non-hydrogen) atoms. The highest BCUT2D eigenvalue weighted by molar-refractivity contribution is 9.10. The van der Waals surface area contributed by atoms with Crippen LogP contribution in [0.2, 0.25) is 0 Å². The van der Waals surface area contributed by atoms with Gasteiger partial charge in [-0.25, -0.2) is 4.39 Å². The molecule has 0 aliphatic rings. The van der Waals surface area contributed by atoms with E-state index in [1.807, 2.05) is 18.2 Å². The van der Waals surface area contributed by atoms with Crippen molar-refractivity contribution in [2.24, 2.45) is 0 Å². The highest BCUT2D eigenvalue weighted by atomic mass is 79.9. The molecule has 0 atom stereocenters. The lowest BCUT2D eigenvalue weighted by molar-refractivity contribution is -0.116. The number of hydrogen-bond acceptors (Lipinski definition) is 2. The Balaban J connectivity index is 1.82. The molecule has 1 N–H and O–H groups in total. The van der Waals surface area contributed by atoms with Gasteiger partial charge in [0.25, 0.3) is 0 Å². The minimum absolute atomic E-state index is 0.141. The van der Waals surface area contributed by atoms with Gasteiger partial charge < -0.3 is 10.1 Å². The van der Waals surface area contributed by atoms with Crippen molar-refractivity contribution in [3.8, 4) is 5.75 Å². The monoisotopic (exact) mass is 415 g/mol. The van der Waals surface area contributed by atoms with Crippen LogP contribution in [0.25, 0.3) is 0 Å². The molecule has 3 nitrogen and oxygen atoms in total. The molecule has 0 unspecified atom stereocenters. The van der Waals surface area contributed by atoms with Gasteiger partial charge in [0.05, 0.1) is 18.7 Å². The Bertz CT molecular complexity index is 649. The third kappa shape index (κ3) is 5.13. The molecule has 0 saturated heterocycles. The molecule has 0 aliphatic heterocycles. The highest BCUT2D eigenvalue weighted by Gasteiger charge is 2.07. The third-order valence-corrected chi connectivity index (χ3v) is 3.59. The van der Waals surface area contributed by atoms with Crippen LogP contribution >= 0.6 is 31.9 Å². The van der Waals surface area contributed by atoms with Crippen LogP contribution in [0.4, 0.5) is 10.1 Å². The van der Waals surface area contributed by atoms with E-state index in [-0.39, 0.29) is 24.6 Å². The van der Waals surface area contributed by atoms with Gasteiger partial charge in [0.1, 0.15) is 11.6 Å². The van der Waals surface area contributed by atoms with Crippen molar-refractivity contribution in [1.82, 2.24) is 0 Å². The number of benzene rings is 2. The first kappa shape index (κ1) is 16.0. The smallest absolute Gasteiger partial charge is 0.227 e. The van der Waals surface area contributed by atoms with Crippen LogP contribution in [0.3, 0.4) is 0 Å². The molecule has 0 aliphatic carbocycles. The quantitative estimate of drug-likeness (QED) is 0.763. The Morgan fingerprint density at radius 2 is 1.90 bits per heavy atom. The molecule has 0 spiro atoms. The predicted molar refractivity (Wildman–Crippen MR) is 87.0 cm³/mol. The zero-order valence-electron chi connectivity index (χ0n) is 10.9. The lowest BCUT2D eigenvalue weighted by atomic mass is 10.3. The fraction of sp³-hybridized carbons (Fsp3) is 0.133. The second-order valence-corrected chi connectivity index (χ2v) is 6.06. The van der Waals surface area contributed by atoms with Gasteiger partial charge in [0.15, 0.2) is 0 Å². The Kier molecular flexibility index (Phi) is 5.76. The standard InChI is InChI=1S/C15H12Br2FNO2/c16-10-2-1-3-12(8-10)21-7-6-15(20)19-14-5-4-11(17)9-13(14)18/h1-5,8-9H,6-7H2,(H,19,20). The zero-order chi connectivity index (χ0) is 15.2. The summed E-state index contributed by atoms with van der Waals surface area (Å²) in [6.07, 6.45) is 0.141. The average Bonchev–Trinajstić information content (AvgIpc) is 2.42. The molecule has 6 heteroatoms. The summed E-state index contributed by atoms with van der Waals surface area (Å²) in [6.45, 7) is 0.223. The molecule has 2 aromatic carbocycles. The summed E-state index contributed by atoms with van der Waals surface area (Å²) in [5.74, 6) is -0.108. The number of anilines is 1. The normalized spacial score (nSPS) is 10.2. The summed E-state index contributed by atoms with van der Waals surface area (Å²) in [6, 6.07) is 11.8. The van der Waals surface area contributed by atoms with Gasteiger partial charge >= 0.3 is 0 Å². The minimum atomic E-state index is -0.481.